The van der Waals surface area contributed by atoms with Crippen molar-refractivity contribution >= 4 is 27.5 Å². The van der Waals surface area contributed by atoms with Crippen LogP contribution >= 0.6 is 11.3 Å². The summed E-state index contributed by atoms with van der Waals surface area (Å²) in [6, 6.07) is 9.43. The van der Waals surface area contributed by atoms with E-state index in [1.165, 1.54) is 11.3 Å². The highest BCUT2D eigenvalue weighted by Gasteiger charge is 2.18. The Morgan fingerprint density at radius 1 is 1.35 bits per heavy atom. The zero-order valence-corrected chi connectivity index (χ0v) is 11.9. The van der Waals surface area contributed by atoms with E-state index in [2.05, 4.69) is 10.1 Å². The SMILES string of the molecule is CC(C)c1cc(C(=O)O)nn1-c1nc2ccccc2s1. The minimum Gasteiger partial charge on any atom is -0.476 e. The molecule has 0 aliphatic rings. The molecule has 0 saturated heterocycles. The van der Waals surface area contributed by atoms with Crippen LogP contribution in [-0.4, -0.2) is 25.8 Å². The van der Waals surface area contributed by atoms with E-state index in [-0.39, 0.29) is 11.6 Å². The molecule has 0 aliphatic heterocycles. The number of aromatic nitrogens is 3. The van der Waals surface area contributed by atoms with Gasteiger partial charge in [0, 0.05) is 0 Å². The van der Waals surface area contributed by atoms with E-state index in [1.54, 1.807) is 10.7 Å². The molecule has 0 aliphatic carbocycles. The molecule has 0 amide bonds. The minimum absolute atomic E-state index is 0.0490. The van der Waals surface area contributed by atoms with Crippen LogP contribution in [0.5, 0.6) is 0 Å². The molecule has 0 fully saturated rings. The van der Waals surface area contributed by atoms with E-state index in [9.17, 15) is 4.79 Å². The normalized spacial score (nSPS) is 11.3. The summed E-state index contributed by atoms with van der Waals surface area (Å²) >= 11 is 1.50. The van der Waals surface area contributed by atoms with Crippen LogP contribution < -0.4 is 0 Å². The second kappa shape index (κ2) is 4.72. The van der Waals surface area contributed by atoms with Gasteiger partial charge < -0.3 is 5.11 Å². The number of rotatable bonds is 3. The maximum atomic E-state index is 11.1. The fourth-order valence-corrected chi connectivity index (χ4v) is 2.95. The molecule has 20 heavy (non-hydrogen) atoms. The van der Waals surface area contributed by atoms with Gasteiger partial charge in [-0.25, -0.2) is 14.5 Å². The number of carboxylic acid groups (broad SMARTS) is 1. The van der Waals surface area contributed by atoms with Crippen molar-refractivity contribution in [3.05, 3.63) is 41.7 Å². The monoisotopic (exact) mass is 287 g/mol. The van der Waals surface area contributed by atoms with E-state index in [0.29, 0.717) is 5.13 Å². The maximum Gasteiger partial charge on any atom is 0.356 e. The van der Waals surface area contributed by atoms with Gasteiger partial charge in [-0.05, 0) is 24.1 Å². The summed E-state index contributed by atoms with van der Waals surface area (Å²) in [7, 11) is 0. The molecule has 1 aromatic carbocycles. The van der Waals surface area contributed by atoms with Crippen molar-refractivity contribution in [3.63, 3.8) is 0 Å². The fourth-order valence-electron chi connectivity index (χ4n) is 2.02. The first-order chi connectivity index (χ1) is 9.56. The number of aromatic carboxylic acids is 1. The lowest BCUT2D eigenvalue weighted by Crippen LogP contribution is -2.04. The Labute approximate surface area is 119 Å². The highest BCUT2D eigenvalue weighted by atomic mass is 32.1. The molecule has 0 saturated carbocycles. The Balaban J connectivity index is 2.19. The van der Waals surface area contributed by atoms with Crippen molar-refractivity contribution < 1.29 is 9.90 Å². The molecule has 102 valence electrons. The molecular formula is C14H13N3O2S. The first-order valence-electron chi connectivity index (χ1n) is 6.25. The van der Waals surface area contributed by atoms with Crippen LogP contribution in [0, 0.1) is 0 Å². The second-order valence-corrected chi connectivity index (χ2v) is 5.80. The number of hydrogen-bond donors (Lipinski definition) is 1. The van der Waals surface area contributed by atoms with Crippen LogP contribution in [0.4, 0.5) is 0 Å². The summed E-state index contributed by atoms with van der Waals surface area (Å²) < 4.78 is 2.70. The molecule has 0 spiro atoms. The van der Waals surface area contributed by atoms with Gasteiger partial charge in [0.05, 0.1) is 15.9 Å². The van der Waals surface area contributed by atoms with Gasteiger partial charge in [-0.1, -0.05) is 37.3 Å². The summed E-state index contributed by atoms with van der Waals surface area (Å²) in [5.74, 6) is -0.852. The van der Waals surface area contributed by atoms with Gasteiger partial charge in [-0.2, -0.15) is 5.10 Å². The van der Waals surface area contributed by atoms with Crippen LogP contribution in [0.1, 0.15) is 35.9 Å². The smallest absolute Gasteiger partial charge is 0.356 e. The average Bonchev–Trinajstić information content (AvgIpc) is 3.02. The van der Waals surface area contributed by atoms with Crippen LogP contribution in [-0.2, 0) is 0 Å². The van der Waals surface area contributed by atoms with Gasteiger partial charge in [0.1, 0.15) is 0 Å². The first kappa shape index (κ1) is 12.8. The van der Waals surface area contributed by atoms with Gasteiger partial charge >= 0.3 is 5.97 Å². The van der Waals surface area contributed by atoms with Crippen LogP contribution in [0.2, 0.25) is 0 Å². The number of hydrogen-bond acceptors (Lipinski definition) is 4. The van der Waals surface area contributed by atoms with Crippen molar-refractivity contribution in [3.8, 4) is 5.13 Å². The Kier molecular flexibility index (Phi) is 3.02. The number of carbonyl (C=O) groups is 1. The van der Waals surface area contributed by atoms with Crippen LogP contribution in [0.25, 0.3) is 15.3 Å². The quantitative estimate of drug-likeness (QED) is 0.802. The topological polar surface area (TPSA) is 68.0 Å². The third-order valence-corrected chi connectivity index (χ3v) is 4.02. The third kappa shape index (κ3) is 2.08. The predicted octanol–water partition coefficient (Wildman–Crippen LogP) is 3.30. The molecule has 0 radical (unpaired) electrons. The number of benzene rings is 1. The largest absolute Gasteiger partial charge is 0.476 e. The number of fused-ring (bicyclic) bond motifs is 1. The zero-order valence-electron chi connectivity index (χ0n) is 11.1. The molecule has 6 heteroatoms. The summed E-state index contributed by atoms with van der Waals surface area (Å²) in [6.45, 7) is 4.01. The van der Waals surface area contributed by atoms with Gasteiger partial charge in [-0.3, -0.25) is 0 Å². The lowest BCUT2D eigenvalue weighted by molar-refractivity contribution is 0.0690. The number of carboxylic acids is 1. The Morgan fingerprint density at radius 2 is 2.10 bits per heavy atom. The predicted molar refractivity (Wildman–Crippen MR) is 77.8 cm³/mol. The van der Waals surface area contributed by atoms with Crippen molar-refractivity contribution in [2.24, 2.45) is 0 Å². The molecule has 0 bridgehead atoms. The molecule has 3 aromatic rings. The molecule has 3 rings (SSSR count). The van der Waals surface area contributed by atoms with Crippen LogP contribution in [0.3, 0.4) is 0 Å². The third-order valence-electron chi connectivity index (χ3n) is 3.01. The standard InChI is InChI=1S/C14H13N3O2S/c1-8(2)11-7-10(13(18)19)16-17(11)14-15-9-5-3-4-6-12(9)20-14/h3-8H,1-2H3,(H,18,19). The van der Waals surface area contributed by atoms with Gasteiger partial charge in [-0.15, -0.1) is 0 Å². The minimum atomic E-state index is -1.02. The van der Waals surface area contributed by atoms with E-state index < -0.39 is 5.97 Å². The van der Waals surface area contributed by atoms with Crippen molar-refractivity contribution in [2.75, 3.05) is 0 Å². The van der Waals surface area contributed by atoms with E-state index in [0.717, 1.165) is 15.9 Å². The first-order valence-corrected chi connectivity index (χ1v) is 7.07. The lowest BCUT2D eigenvalue weighted by atomic mass is 10.1. The zero-order chi connectivity index (χ0) is 14.3. The molecule has 5 nitrogen and oxygen atoms in total. The number of thiazole rings is 1. The van der Waals surface area contributed by atoms with Crippen molar-refractivity contribution in [1.29, 1.82) is 0 Å². The molecule has 2 aromatic heterocycles. The van der Waals surface area contributed by atoms with Gasteiger partial charge in [0.25, 0.3) is 0 Å². The fraction of sp³-hybridized carbons (Fsp3) is 0.214. The van der Waals surface area contributed by atoms with Crippen molar-refractivity contribution in [1.82, 2.24) is 14.8 Å². The summed E-state index contributed by atoms with van der Waals surface area (Å²) in [6.07, 6.45) is 0. The molecular weight excluding hydrogens is 274 g/mol. The summed E-state index contributed by atoms with van der Waals surface area (Å²) in [5, 5.41) is 14.0. The van der Waals surface area contributed by atoms with Gasteiger partial charge in [0.2, 0.25) is 5.13 Å². The molecule has 2 heterocycles. The highest BCUT2D eigenvalue weighted by Crippen LogP contribution is 2.27. The molecule has 0 atom stereocenters. The molecule has 0 unspecified atom stereocenters. The highest BCUT2D eigenvalue weighted by molar-refractivity contribution is 7.20. The maximum absolute atomic E-state index is 11.1. The summed E-state index contributed by atoms with van der Waals surface area (Å²) in [5.41, 5.74) is 1.80. The van der Waals surface area contributed by atoms with E-state index in [1.807, 2.05) is 38.1 Å². The second-order valence-electron chi connectivity index (χ2n) is 4.79. The Hall–Kier alpha value is -2.21. The lowest BCUT2D eigenvalue weighted by Gasteiger charge is -2.05. The van der Waals surface area contributed by atoms with E-state index in [4.69, 9.17) is 5.11 Å². The van der Waals surface area contributed by atoms with Crippen molar-refractivity contribution in [2.45, 2.75) is 19.8 Å². The van der Waals surface area contributed by atoms with Crippen LogP contribution in [0.15, 0.2) is 30.3 Å². The Morgan fingerprint density at radius 3 is 2.75 bits per heavy atom. The summed E-state index contributed by atoms with van der Waals surface area (Å²) in [4.78, 5) is 15.6. The number of nitrogens with zero attached hydrogens (tertiary/aromatic N) is 3. The average molecular weight is 287 g/mol. The van der Waals surface area contributed by atoms with Gasteiger partial charge in [0.15, 0.2) is 5.69 Å². The van der Waals surface area contributed by atoms with E-state index >= 15 is 0 Å². The Bertz CT molecular complexity index is 756. The number of para-hydroxylation sites is 1. The molecule has 1 N–H and O–H groups in total.